The maximum Gasteiger partial charge on any atom is 0.317 e. The van der Waals surface area contributed by atoms with Crippen molar-refractivity contribution in [3.8, 4) is 5.75 Å². The summed E-state index contributed by atoms with van der Waals surface area (Å²) in [5.74, 6) is -0.201. The molecule has 2 aromatic carbocycles. The predicted molar refractivity (Wildman–Crippen MR) is 86.3 cm³/mol. The van der Waals surface area contributed by atoms with Crippen LogP contribution in [0, 0.1) is 6.92 Å². The lowest BCUT2D eigenvalue weighted by atomic mass is 10.1. The van der Waals surface area contributed by atoms with Crippen molar-refractivity contribution in [1.82, 2.24) is 5.32 Å². The van der Waals surface area contributed by atoms with Gasteiger partial charge in [0.1, 0.15) is 12.4 Å². The van der Waals surface area contributed by atoms with E-state index in [1.165, 1.54) is 5.56 Å². The summed E-state index contributed by atoms with van der Waals surface area (Å²) in [6, 6.07) is 13.4. The number of carboxylic acid groups (broad SMARTS) is 1. The summed E-state index contributed by atoms with van der Waals surface area (Å²) in [6.45, 7) is 2.77. The molecule has 0 radical (unpaired) electrons. The van der Waals surface area contributed by atoms with E-state index in [2.05, 4.69) is 11.4 Å². The smallest absolute Gasteiger partial charge is 0.317 e. The number of carbonyl (C=O) groups is 1. The SMILES string of the molecule is Cc1cccc(COc2ccc(Cl)cc2CNCC(=O)O)c1. The highest BCUT2D eigenvalue weighted by atomic mass is 35.5. The molecule has 0 saturated heterocycles. The van der Waals surface area contributed by atoms with Crippen LogP contribution in [0.5, 0.6) is 5.75 Å². The lowest BCUT2D eigenvalue weighted by molar-refractivity contribution is -0.136. The molecule has 0 amide bonds. The second-order valence-electron chi connectivity index (χ2n) is 5.03. The average molecular weight is 320 g/mol. The fourth-order valence-corrected chi connectivity index (χ4v) is 2.29. The van der Waals surface area contributed by atoms with Gasteiger partial charge in [-0.1, -0.05) is 41.4 Å². The lowest BCUT2D eigenvalue weighted by Crippen LogP contribution is -2.22. The standard InChI is InChI=1S/C17H18ClNO3/c1-12-3-2-4-13(7-12)11-22-16-6-5-15(18)8-14(16)9-19-10-17(20)21/h2-8,19H,9-11H2,1H3,(H,20,21). The quantitative estimate of drug-likeness (QED) is 0.821. The van der Waals surface area contributed by atoms with Crippen LogP contribution in [0.25, 0.3) is 0 Å². The van der Waals surface area contributed by atoms with Crippen LogP contribution in [-0.4, -0.2) is 17.6 Å². The maximum absolute atomic E-state index is 10.6. The molecule has 2 N–H and O–H groups in total. The zero-order chi connectivity index (χ0) is 15.9. The van der Waals surface area contributed by atoms with Crippen LogP contribution >= 0.6 is 11.6 Å². The molecule has 2 aromatic rings. The monoisotopic (exact) mass is 319 g/mol. The van der Waals surface area contributed by atoms with Crippen molar-refractivity contribution in [3.63, 3.8) is 0 Å². The molecule has 0 atom stereocenters. The van der Waals surface area contributed by atoms with Gasteiger partial charge >= 0.3 is 5.97 Å². The zero-order valence-corrected chi connectivity index (χ0v) is 13.1. The molecule has 0 fully saturated rings. The molecular weight excluding hydrogens is 302 g/mol. The van der Waals surface area contributed by atoms with Crippen molar-refractivity contribution in [2.24, 2.45) is 0 Å². The number of ether oxygens (including phenoxy) is 1. The van der Waals surface area contributed by atoms with Crippen LogP contribution in [0.3, 0.4) is 0 Å². The van der Waals surface area contributed by atoms with Gasteiger partial charge in [0, 0.05) is 17.1 Å². The fourth-order valence-electron chi connectivity index (χ4n) is 2.09. The molecule has 0 unspecified atom stereocenters. The Morgan fingerprint density at radius 1 is 1.27 bits per heavy atom. The Morgan fingerprint density at radius 2 is 2.09 bits per heavy atom. The Bertz CT molecular complexity index is 658. The van der Waals surface area contributed by atoms with Crippen molar-refractivity contribution in [2.45, 2.75) is 20.1 Å². The van der Waals surface area contributed by atoms with E-state index < -0.39 is 5.97 Å². The summed E-state index contributed by atoms with van der Waals surface area (Å²) in [4.78, 5) is 10.6. The van der Waals surface area contributed by atoms with Crippen LogP contribution in [0.1, 0.15) is 16.7 Å². The number of halogens is 1. The van der Waals surface area contributed by atoms with Gasteiger partial charge in [-0.05, 0) is 30.7 Å². The van der Waals surface area contributed by atoms with E-state index in [1.807, 2.05) is 25.1 Å². The van der Waals surface area contributed by atoms with Gasteiger partial charge in [-0.25, -0.2) is 0 Å². The van der Waals surface area contributed by atoms with Crippen molar-refractivity contribution in [2.75, 3.05) is 6.54 Å². The Hall–Kier alpha value is -2.04. The molecule has 0 bridgehead atoms. The van der Waals surface area contributed by atoms with Gasteiger partial charge < -0.3 is 15.2 Å². The highest BCUT2D eigenvalue weighted by Gasteiger charge is 2.06. The maximum atomic E-state index is 10.6. The summed E-state index contributed by atoms with van der Waals surface area (Å²) in [5.41, 5.74) is 3.10. The zero-order valence-electron chi connectivity index (χ0n) is 12.3. The van der Waals surface area contributed by atoms with Crippen LogP contribution in [-0.2, 0) is 17.9 Å². The van der Waals surface area contributed by atoms with Crippen LogP contribution in [0.15, 0.2) is 42.5 Å². The Labute approximate surface area is 134 Å². The highest BCUT2D eigenvalue weighted by molar-refractivity contribution is 6.30. The number of nitrogens with one attached hydrogen (secondary N) is 1. The minimum Gasteiger partial charge on any atom is -0.489 e. The Morgan fingerprint density at radius 3 is 2.82 bits per heavy atom. The molecule has 0 aliphatic heterocycles. The van der Waals surface area contributed by atoms with Crippen molar-refractivity contribution >= 4 is 17.6 Å². The largest absolute Gasteiger partial charge is 0.489 e. The van der Waals surface area contributed by atoms with Gasteiger partial charge in [0.05, 0.1) is 6.54 Å². The third-order valence-electron chi connectivity index (χ3n) is 3.09. The third-order valence-corrected chi connectivity index (χ3v) is 3.33. The average Bonchev–Trinajstić information content (AvgIpc) is 2.46. The first kappa shape index (κ1) is 16.3. The summed E-state index contributed by atoms with van der Waals surface area (Å²) < 4.78 is 5.84. The number of hydrogen-bond donors (Lipinski definition) is 2. The number of benzene rings is 2. The number of carboxylic acids is 1. The molecular formula is C17H18ClNO3. The molecule has 0 spiro atoms. The molecule has 0 aromatic heterocycles. The molecule has 2 rings (SSSR count). The van der Waals surface area contributed by atoms with Crippen LogP contribution in [0.4, 0.5) is 0 Å². The topological polar surface area (TPSA) is 58.6 Å². The normalized spacial score (nSPS) is 10.5. The predicted octanol–water partition coefficient (Wildman–Crippen LogP) is 3.40. The van der Waals surface area contributed by atoms with Crippen molar-refractivity contribution in [3.05, 3.63) is 64.2 Å². The van der Waals surface area contributed by atoms with Gasteiger partial charge in [0.2, 0.25) is 0 Å². The number of aliphatic carboxylic acids is 1. The number of rotatable bonds is 7. The lowest BCUT2D eigenvalue weighted by Gasteiger charge is -2.12. The fraction of sp³-hybridized carbons (Fsp3) is 0.235. The molecule has 22 heavy (non-hydrogen) atoms. The van der Waals surface area contributed by atoms with Crippen molar-refractivity contribution in [1.29, 1.82) is 0 Å². The van der Waals surface area contributed by atoms with E-state index in [1.54, 1.807) is 18.2 Å². The first-order valence-electron chi connectivity index (χ1n) is 6.94. The van der Waals surface area contributed by atoms with Crippen LogP contribution < -0.4 is 10.1 Å². The highest BCUT2D eigenvalue weighted by Crippen LogP contribution is 2.24. The van der Waals surface area contributed by atoms with Gasteiger partial charge in [0.25, 0.3) is 0 Å². The first-order chi connectivity index (χ1) is 10.5. The second kappa shape index (κ2) is 7.82. The second-order valence-corrected chi connectivity index (χ2v) is 5.46. The van der Waals surface area contributed by atoms with E-state index in [0.717, 1.165) is 11.1 Å². The Kier molecular flexibility index (Phi) is 5.81. The summed E-state index contributed by atoms with van der Waals surface area (Å²) in [6.07, 6.45) is 0. The first-order valence-corrected chi connectivity index (χ1v) is 7.31. The molecule has 0 saturated carbocycles. The molecule has 0 aliphatic rings. The van der Waals surface area contributed by atoms with Gasteiger partial charge in [-0.2, -0.15) is 0 Å². The van der Waals surface area contributed by atoms with Gasteiger partial charge in [0.15, 0.2) is 0 Å². The van der Waals surface area contributed by atoms with E-state index >= 15 is 0 Å². The van der Waals surface area contributed by atoms with Gasteiger partial charge in [-0.15, -0.1) is 0 Å². The third kappa shape index (κ3) is 5.06. The summed E-state index contributed by atoms with van der Waals surface area (Å²) in [5, 5.41) is 12.1. The minimum absolute atomic E-state index is 0.107. The molecule has 5 heteroatoms. The van der Waals surface area contributed by atoms with E-state index in [-0.39, 0.29) is 6.54 Å². The number of aryl methyl sites for hydroxylation is 1. The molecule has 116 valence electrons. The van der Waals surface area contributed by atoms with E-state index in [9.17, 15) is 4.79 Å². The summed E-state index contributed by atoms with van der Waals surface area (Å²) >= 11 is 6.00. The van der Waals surface area contributed by atoms with E-state index in [0.29, 0.717) is 23.9 Å². The molecule has 0 aliphatic carbocycles. The summed E-state index contributed by atoms with van der Waals surface area (Å²) in [7, 11) is 0. The molecule has 4 nitrogen and oxygen atoms in total. The van der Waals surface area contributed by atoms with Crippen molar-refractivity contribution < 1.29 is 14.6 Å². The minimum atomic E-state index is -0.899. The van der Waals surface area contributed by atoms with E-state index in [4.69, 9.17) is 21.4 Å². The van der Waals surface area contributed by atoms with Gasteiger partial charge in [-0.3, -0.25) is 4.79 Å². The Balaban J connectivity index is 2.04. The van der Waals surface area contributed by atoms with Crippen LogP contribution in [0.2, 0.25) is 5.02 Å². The number of hydrogen-bond acceptors (Lipinski definition) is 3. The molecule has 0 heterocycles.